The first-order chi connectivity index (χ1) is 7.39. The Hall–Kier alpha value is -0.780. The molecule has 96 valence electrons. The van der Waals surface area contributed by atoms with Gasteiger partial charge in [0.1, 0.15) is 0 Å². The first-order valence-corrected chi connectivity index (χ1v) is 5.25. The van der Waals surface area contributed by atoms with Crippen LogP contribution in [0.5, 0.6) is 0 Å². The summed E-state index contributed by atoms with van der Waals surface area (Å²) in [6.45, 7) is 1.56. The van der Waals surface area contributed by atoms with Gasteiger partial charge in [0.25, 0.3) is 0 Å². The number of hydrogen-bond donors (Lipinski definition) is 0. The van der Waals surface area contributed by atoms with Crippen LogP contribution in [0.25, 0.3) is 0 Å². The van der Waals surface area contributed by atoms with Gasteiger partial charge in [-0.15, -0.1) is 0 Å². The number of nitrogens with zero attached hydrogens (tertiary/aromatic N) is 1. The number of esters is 1. The van der Waals surface area contributed by atoms with Gasteiger partial charge in [0.05, 0.1) is 13.7 Å². The van der Waals surface area contributed by atoms with Crippen molar-refractivity contribution in [3.05, 3.63) is 0 Å². The molecule has 0 amide bonds. The lowest BCUT2D eigenvalue weighted by Gasteiger charge is -2.22. The zero-order valence-electron chi connectivity index (χ0n) is 9.64. The van der Waals surface area contributed by atoms with E-state index >= 15 is 0 Å². The molecule has 0 aliphatic carbocycles. The number of ether oxygens (including phenoxy) is 1. The fourth-order valence-corrected chi connectivity index (χ4v) is 1.39. The summed E-state index contributed by atoms with van der Waals surface area (Å²) in [7, 11) is 1.27. The van der Waals surface area contributed by atoms with Crippen LogP contribution in [0.1, 0.15) is 26.2 Å². The van der Waals surface area contributed by atoms with Gasteiger partial charge in [-0.2, -0.15) is 13.2 Å². The van der Waals surface area contributed by atoms with E-state index in [2.05, 4.69) is 4.74 Å². The topological polar surface area (TPSA) is 29.5 Å². The van der Waals surface area contributed by atoms with Gasteiger partial charge in [-0.05, 0) is 25.9 Å². The molecule has 0 fully saturated rings. The van der Waals surface area contributed by atoms with E-state index in [1.807, 2.05) is 6.92 Å². The number of alkyl halides is 3. The van der Waals surface area contributed by atoms with Gasteiger partial charge in [0, 0.05) is 6.42 Å². The van der Waals surface area contributed by atoms with Crippen LogP contribution in [0.3, 0.4) is 0 Å². The second-order valence-electron chi connectivity index (χ2n) is 3.57. The van der Waals surface area contributed by atoms with Crippen LogP contribution in [-0.4, -0.2) is 43.8 Å². The van der Waals surface area contributed by atoms with Crippen molar-refractivity contribution in [2.24, 2.45) is 0 Å². The van der Waals surface area contributed by atoms with E-state index in [4.69, 9.17) is 0 Å². The minimum atomic E-state index is -4.18. The second-order valence-corrected chi connectivity index (χ2v) is 3.57. The first-order valence-electron chi connectivity index (χ1n) is 5.25. The molecule has 0 bridgehead atoms. The Bertz CT molecular complexity index is 207. The molecular formula is C10H18F3NO2. The standard InChI is InChI=1S/C10H18F3NO2/c1-3-6-14(8-10(11,12)13)7-4-5-9(15)16-2/h3-8H2,1-2H3. The SMILES string of the molecule is CCCN(CCCC(=O)OC)CC(F)(F)F. The molecule has 0 saturated heterocycles. The summed E-state index contributed by atoms with van der Waals surface area (Å²) in [5.41, 5.74) is 0. The van der Waals surface area contributed by atoms with E-state index in [1.54, 1.807) is 0 Å². The summed E-state index contributed by atoms with van der Waals surface area (Å²) >= 11 is 0. The monoisotopic (exact) mass is 241 g/mol. The highest BCUT2D eigenvalue weighted by Crippen LogP contribution is 2.16. The van der Waals surface area contributed by atoms with Crippen molar-refractivity contribution in [3.63, 3.8) is 0 Å². The summed E-state index contributed by atoms with van der Waals surface area (Å²) in [5, 5.41) is 0. The van der Waals surface area contributed by atoms with Crippen LogP contribution in [0, 0.1) is 0 Å². The summed E-state index contributed by atoms with van der Waals surface area (Å²) in [6.07, 6.45) is -2.97. The first kappa shape index (κ1) is 15.2. The molecule has 3 nitrogen and oxygen atoms in total. The molecule has 0 atom stereocenters. The molecule has 0 saturated carbocycles. The van der Waals surface area contributed by atoms with Crippen molar-refractivity contribution in [1.82, 2.24) is 4.90 Å². The normalized spacial score (nSPS) is 11.9. The molecule has 0 rings (SSSR count). The molecule has 0 unspecified atom stereocenters. The van der Waals surface area contributed by atoms with Crippen LogP contribution in [0.15, 0.2) is 0 Å². The Morgan fingerprint density at radius 3 is 2.38 bits per heavy atom. The van der Waals surface area contributed by atoms with Gasteiger partial charge in [-0.25, -0.2) is 0 Å². The molecule has 0 N–H and O–H groups in total. The number of rotatable bonds is 7. The van der Waals surface area contributed by atoms with Gasteiger partial charge in [-0.3, -0.25) is 9.69 Å². The zero-order valence-corrected chi connectivity index (χ0v) is 9.64. The van der Waals surface area contributed by atoms with Gasteiger partial charge in [0.2, 0.25) is 0 Å². The van der Waals surface area contributed by atoms with Gasteiger partial charge >= 0.3 is 12.1 Å². The van der Waals surface area contributed by atoms with Crippen LogP contribution in [-0.2, 0) is 9.53 Å². The lowest BCUT2D eigenvalue weighted by atomic mass is 10.2. The summed E-state index contributed by atoms with van der Waals surface area (Å²) in [6, 6.07) is 0. The van der Waals surface area contributed by atoms with Gasteiger partial charge < -0.3 is 4.74 Å². The molecule has 0 aliphatic heterocycles. The minimum Gasteiger partial charge on any atom is -0.469 e. The molecule has 0 radical (unpaired) electrons. The summed E-state index contributed by atoms with van der Waals surface area (Å²) < 4.78 is 40.9. The maximum atomic E-state index is 12.1. The van der Waals surface area contributed by atoms with Crippen molar-refractivity contribution in [3.8, 4) is 0 Å². The largest absolute Gasteiger partial charge is 0.469 e. The van der Waals surface area contributed by atoms with E-state index in [1.165, 1.54) is 12.0 Å². The van der Waals surface area contributed by atoms with Crippen molar-refractivity contribution in [1.29, 1.82) is 0 Å². The van der Waals surface area contributed by atoms with E-state index < -0.39 is 12.7 Å². The Morgan fingerprint density at radius 1 is 1.31 bits per heavy atom. The fourth-order valence-electron chi connectivity index (χ4n) is 1.39. The molecule has 0 spiro atoms. The maximum absolute atomic E-state index is 12.1. The Kier molecular flexibility index (Phi) is 7.12. The Balaban J connectivity index is 3.89. The summed E-state index contributed by atoms with van der Waals surface area (Å²) in [5.74, 6) is -0.386. The van der Waals surface area contributed by atoms with Crippen LogP contribution < -0.4 is 0 Å². The van der Waals surface area contributed by atoms with Crippen molar-refractivity contribution >= 4 is 5.97 Å². The van der Waals surface area contributed by atoms with Gasteiger partial charge in [0.15, 0.2) is 0 Å². The molecular weight excluding hydrogens is 223 g/mol. The second kappa shape index (κ2) is 7.49. The average Bonchev–Trinajstić information content (AvgIpc) is 2.15. The highest BCUT2D eigenvalue weighted by atomic mass is 19.4. The summed E-state index contributed by atoms with van der Waals surface area (Å²) in [4.78, 5) is 12.1. The van der Waals surface area contributed by atoms with E-state index in [-0.39, 0.29) is 18.9 Å². The molecule has 0 aromatic carbocycles. The molecule has 0 aliphatic rings. The predicted molar refractivity (Wildman–Crippen MR) is 54.0 cm³/mol. The quantitative estimate of drug-likeness (QED) is 0.640. The highest BCUT2D eigenvalue weighted by Gasteiger charge is 2.30. The number of hydrogen-bond acceptors (Lipinski definition) is 3. The molecule has 0 heterocycles. The van der Waals surface area contributed by atoms with E-state index in [0.717, 1.165) is 0 Å². The number of carbonyl (C=O) groups is 1. The highest BCUT2D eigenvalue weighted by molar-refractivity contribution is 5.69. The molecule has 16 heavy (non-hydrogen) atoms. The number of halogens is 3. The Morgan fingerprint density at radius 2 is 1.94 bits per heavy atom. The minimum absolute atomic E-state index is 0.161. The molecule has 0 aromatic rings. The molecule has 6 heteroatoms. The van der Waals surface area contributed by atoms with Crippen molar-refractivity contribution in [2.45, 2.75) is 32.4 Å². The molecule has 0 aromatic heterocycles. The van der Waals surface area contributed by atoms with Crippen LogP contribution in [0.2, 0.25) is 0 Å². The Labute approximate surface area is 93.6 Å². The third-order valence-electron chi connectivity index (χ3n) is 2.03. The lowest BCUT2D eigenvalue weighted by molar-refractivity contribution is -0.146. The van der Waals surface area contributed by atoms with Crippen LogP contribution >= 0.6 is 0 Å². The van der Waals surface area contributed by atoms with Crippen molar-refractivity contribution in [2.75, 3.05) is 26.7 Å². The predicted octanol–water partition coefficient (Wildman–Crippen LogP) is 2.21. The van der Waals surface area contributed by atoms with Gasteiger partial charge in [-0.1, -0.05) is 6.92 Å². The number of carbonyl (C=O) groups excluding carboxylic acids is 1. The van der Waals surface area contributed by atoms with E-state index in [9.17, 15) is 18.0 Å². The van der Waals surface area contributed by atoms with Crippen LogP contribution in [0.4, 0.5) is 13.2 Å². The third-order valence-corrected chi connectivity index (χ3v) is 2.03. The fraction of sp³-hybridized carbons (Fsp3) is 0.900. The average molecular weight is 241 g/mol. The zero-order chi connectivity index (χ0) is 12.6. The van der Waals surface area contributed by atoms with Crippen molar-refractivity contribution < 1.29 is 22.7 Å². The maximum Gasteiger partial charge on any atom is 0.401 e. The number of methoxy groups -OCH3 is 1. The third kappa shape index (κ3) is 8.52. The smallest absolute Gasteiger partial charge is 0.401 e. The van der Waals surface area contributed by atoms with E-state index in [0.29, 0.717) is 19.4 Å². The lowest BCUT2D eigenvalue weighted by Crippen LogP contribution is -2.35.